The number of aromatic nitrogens is 3. The van der Waals surface area contributed by atoms with Crippen molar-refractivity contribution >= 4 is 67.2 Å². The van der Waals surface area contributed by atoms with Gasteiger partial charge in [-0.3, -0.25) is 0 Å². The standard InChI is InChI=1S/C43H49N3S3/c1-3-5-7-9-11-13-18-32(19-14-12-10-8-6-4-2)46-37-21-16-15-20-33(37)34-24-23-31(30-38(34)46)39-27-28-41(48-39)36-26-25-35(40-22-17-29-47-40)42-43(36)45-49-44-42/h15-17,20-30,32H,3-14,18-19H2,1-2H3. The Morgan fingerprint density at radius 2 is 1.20 bits per heavy atom. The molecular formula is C43H49N3S3. The second kappa shape index (κ2) is 16.6. The van der Waals surface area contributed by atoms with Gasteiger partial charge in [0.25, 0.3) is 0 Å². The molecule has 0 bridgehead atoms. The van der Waals surface area contributed by atoms with Crippen LogP contribution in [0.15, 0.2) is 84.2 Å². The molecule has 254 valence electrons. The number of unbranched alkanes of at least 4 members (excludes halogenated alkanes) is 10. The molecule has 0 aliphatic carbocycles. The Labute approximate surface area is 304 Å². The molecule has 0 spiro atoms. The summed E-state index contributed by atoms with van der Waals surface area (Å²) in [7, 11) is 0. The van der Waals surface area contributed by atoms with Crippen LogP contribution in [0, 0.1) is 0 Å². The number of nitrogens with zero attached hydrogens (tertiary/aromatic N) is 3. The minimum Gasteiger partial charge on any atom is -0.337 e. The summed E-state index contributed by atoms with van der Waals surface area (Å²) >= 11 is 4.93. The Morgan fingerprint density at radius 3 is 1.90 bits per heavy atom. The van der Waals surface area contributed by atoms with Crippen molar-refractivity contribution in [2.75, 3.05) is 0 Å². The summed E-state index contributed by atoms with van der Waals surface area (Å²) in [5, 5.41) is 4.89. The van der Waals surface area contributed by atoms with Gasteiger partial charge in [0.2, 0.25) is 0 Å². The first-order valence-corrected chi connectivity index (χ1v) is 21.1. The maximum Gasteiger partial charge on any atom is 0.114 e. The van der Waals surface area contributed by atoms with E-state index >= 15 is 0 Å². The van der Waals surface area contributed by atoms with E-state index in [0.717, 1.165) is 11.0 Å². The first-order valence-electron chi connectivity index (χ1n) is 18.7. The smallest absolute Gasteiger partial charge is 0.114 e. The van der Waals surface area contributed by atoms with Crippen molar-refractivity contribution in [2.24, 2.45) is 0 Å². The number of rotatable bonds is 18. The Hall–Kier alpha value is -3.32. The van der Waals surface area contributed by atoms with E-state index < -0.39 is 0 Å². The number of hydrogen-bond donors (Lipinski definition) is 0. The van der Waals surface area contributed by atoms with Gasteiger partial charge in [-0.05, 0) is 54.1 Å². The topological polar surface area (TPSA) is 30.7 Å². The predicted octanol–water partition coefficient (Wildman–Crippen LogP) is 15.0. The van der Waals surface area contributed by atoms with Gasteiger partial charge in [0.05, 0.1) is 17.2 Å². The molecule has 0 atom stereocenters. The Balaban J connectivity index is 1.21. The normalized spacial score (nSPS) is 12.0. The van der Waals surface area contributed by atoms with Crippen LogP contribution in [0.2, 0.25) is 0 Å². The number of para-hydroxylation sites is 1. The molecule has 0 aliphatic heterocycles. The van der Waals surface area contributed by atoms with E-state index in [0.29, 0.717) is 6.04 Å². The summed E-state index contributed by atoms with van der Waals surface area (Å²) in [5.41, 5.74) is 8.45. The van der Waals surface area contributed by atoms with E-state index in [1.54, 1.807) is 11.3 Å². The highest BCUT2D eigenvalue weighted by Gasteiger charge is 2.20. The number of thiophene rings is 2. The molecule has 0 saturated carbocycles. The van der Waals surface area contributed by atoms with Crippen molar-refractivity contribution in [3.63, 3.8) is 0 Å². The van der Waals surface area contributed by atoms with E-state index in [-0.39, 0.29) is 0 Å². The van der Waals surface area contributed by atoms with E-state index in [4.69, 9.17) is 8.75 Å². The lowest BCUT2D eigenvalue weighted by molar-refractivity contribution is 0.410. The monoisotopic (exact) mass is 703 g/mol. The van der Waals surface area contributed by atoms with Gasteiger partial charge in [-0.15, -0.1) is 22.7 Å². The molecular weight excluding hydrogens is 655 g/mol. The predicted molar refractivity (Wildman–Crippen MR) is 218 cm³/mol. The van der Waals surface area contributed by atoms with Crippen molar-refractivity contribution in [1.82, 2.24) is 13.3 Å². The van der Waals surface area contributed by atoms with Crippen LogP contribution in [0.3, 0.4) is 0 Å². The highest BCUT2D eigenvalue weighted by Crippen LogP contribution is 2.43. The minimum atomic E-state index is 0.529. The second-order valence-electron chi connectivity index (χ2n) is 13.6. The molecule has 0 fully saturated rings. The number of fused-ring (bicyclic) bond motifs is 4. The van der Waals surface area contributed by atoms with Crippen molar-refractivity contribution in [2.45, 2.75) is 110 Å². The lowest BCUT2D eigenvalue weighted by Gasteiger charge is -2.22. The molecule has 4 heterocycles. The fraction of sp³-hybridized carbons (Fsp3) is 0.395. The van der Waals surface area contributed by atoms with Gasteiger partial charge in [-0.2, -0.15) is 8.75 Å². The van der Waals surface area contributed by atoms with Crippen molar-refractivity contribution < 1.29 is 0 Å². The summed E-state index contributed by atoms with van der Waals surface area (Å²) in [4.78, 5) is 3.79. The summed E-state index contributed by atoms with van der Waals surface area (Å²) in [6.45, 7) is 4.62. The molecule has 0 unspecified atom stereocenters. The minimum absolute atomic E-state index is 0.529. The van der Waals surface area contributed by atoms with Gasteiger partial charge in [-0.1, -0.05) is 139 Å². The largest absolute Gasteiger partial charge is 0.337 e. The highest BCUT2D eigenvalue weighted by molar-refractivity contribution is 7.19. The SMILES string of the molecule is CCCCCCCCC(CCCCCCCC)n1c2ccccc2c2ccc(-c3ccc(-c4ccc(-c5cccs5)c5nsnc45)s3)cc21. The third kappa shape index (κ3) is 7.57. The van der Waals surface area contributed by atoms with Crippen LogP contribution >= 0.6 is 34.4 Å². The zero-order valence-corrected chi connectivity index (χ0v) is 31.6. The lowest BCUT2D eigenvalue weighted by Crippen LogP contribution is -2.09. The molecule has 3 nitrogen and oxygen atoms in total. The molecule has 3 aromatic carbocycles. The van der Waals surface area contributed by atoms with Crippen LogP contribution in [-0.4, -0.2) is 13.3 Å². The van der Waals surface area contributed by atoms with Gasteiger partial charge in [0.1, 0.15) is 11.0 Å². The van der Waals surface area contributed by atoms with Crippen LogP contribution in [0.1, 0.15) is 110 Å². The molecule has 7 aromatic rings. The maximum absolute atomic E-state index is 4.77. The fourth-order valence-corrected chi connectivity index (χ4v) is 9.96. The van der Waals surface area contributed by atoms with Gasteiger partial charge in [0.15, 0.2) is 0 Å². The van der Waals surface area contributed by atoms with Crippen LogP contribution < -0.4 is 0 Å². The Kier molecular flexibility index (Phi) is 11.6. The quantitative estimate of drug-likeness (QED) is 0.0833. The van der Waals surface area contributed by atoms with E-state index in [1.165, 1.54) is 155 Å². The second-order valence-corrected chi connectivity index (χ2v) is 16.2. The van der Waals surface area contributed by atoms with Crippen LogP contribution in [0.4, 0.5) is 0 Å². The summed E-state index contributed by atoms with van der Waals surface area (Å²) < 4.78 is 12.2. The maximum atomic E-state index is 4.77. The first-order chi connectivity index (χ1) is 24.3. The van der Waals surface area contributed by atoms with Crippen LogP contribution in [-0.2, 0) is 0 Å². The third-order valence-electron chi connectivity index (χ3n) is 10.2. The lowest BCUT2D eigenvalue weighted by atomic mass is 9.99. The molecule has 49 heavy (non-hydrogen) atoms. The van der Waals surface area contributed by atoms with Gasteiger partial charge >= 0.3 is 0 Å². The molecule has 0 radical (unpaired) electrons. The number of hydrogen-bond acceptors (Lipinski definition) is 5. The zero-order chi connectivity index (χ0) is 33.4. The fourth-order valence-electron chi connectivity index (χ4n) is 7.60. The summed E-state index contributed by atoms with van der Waals surface area (Å²) in [6.07, 6.45) is 18.7. The van der Waals surface area contributed by atoms with E-state index in [2.05, 4.69) is 103 Å². The Bertz CT molecular complexity index is 2060. The van der Waals surface area contributed by atoms with E-state index in [9.17, 15) is 0 Å². The van der Waals surface area contributed by atoms with E-state index in [1.807, 2.05) is 11.3 Å². The molecule has 0 amide bonds. The highest BCUT2D eigenvalue weighted by atomic mass is 32.1. The van der Waals surface area contributed by atoms with Crippen molar-refractivity contribution in [3.05, 3.63) is 84.2 Å². The van der Waals surface area contributed by atoms with Crippen LogP contribution in [0.25, 0.3) is 64.2 Å². The molecule has 0 saturated heterocycles. The number of benzene rings is 3. The van der Waals surface area contributed by atoms with Gasteiger partial charge in [0, 0.05) is 48.1 Å². The first kappa shape index (κ1) is 34.1. The van der Waals surface area contributed by atoms with Crippen LogP contribution in [0.5, 0.6) is 0 Å². The molecule has 7 rings (SSSR count). The van der Waals surface area contributed by atoms with Crippen molar-refractivity contribution in [3.8, 4) is 31.3 Å². The van der Waals surface area contributed by atoms with Gasteiger partial charge < -0.3 is 4.57 Å². The van der Waals surface area contributed by atoms with Crippen molar-refractivity contribution in [1.29, 1.82) is 0 Å². The summed E-state index contributed by atoms with van der Waals surface area (Å²) in [6, 6.07) is 30.2. The average Bonchev–Trinajstić information content (AvgIpc) is 3.96. The molecule has 6 heteroatoms. The summed E-state index contributed by atoms with van der Waals surface area (Å²) in [5.74, 6) is 0. The molecule has 4 aromatic heterocycles. The third-order valence-corrected chi connectivity index (χ3v) is 12.8. The van der Waals surface area contributed by atoms with Gasteiger partial charge in [-0.25, -0.2) is 0 Å². The average molecular weight is 704 g/mol. The Morgan fingerprint density at radius 1 is 0.571 bits per heavy atom. The molecule has 0 N–H and O–H groups in total. The zero-order valence-electron chi connectivity index (χ0n) is 29.1. The molecule has 0 aliphatic rings.